The molecule has 2 atom stereocenters. The van der Waals surface area contributed by atoms with Crippen LogP contribution in [0.5, 0.6) is 0 Å². The zero-order valence-electron chi connectivity index (χ0n) is 10.9. The quantitative estimate of drug-likeness (QED) is 0.740. The second kappa shape index (κ2) is 5.63. The molecule has 3 heterocycles. The fraction of sp³-hybridized carbons (Fsp3) is 0.615. The van der Waals surface area contributed by atoms with Gasteiger partial charge in [0.25, 0.3) is 0 Å². The molecule has 6 heteroatoms. The molecule has 2 aliphatic heterocycles. The Hall–Kier alpha value is -1.53. The summed E-state index contributed by atoms with van der Waals surface area (Å²) in [6.07, 6.45) is 4.76. The number of aromatic nitrogens is 1. The lowest BCUT2D eigenvalue weighted by Crippen LogP contribution is -2.43. The van der Waals surface area contributed by atoms with Gasteiger partial charge in [0.1, 0.15) is 0 Å². The van der Waals surface area contributed by atoms with Crippen molar-refractivity contribution < 1.29 is 9.53 Å². The second-order valence-electron chi connectivity index (χ2n) is 5.11. The Morgan fingerprint density at radius 1 is 1.47 bits per heavy atom. The number of hydrogen-bond donors (Lipinski definition) is 3. The molecule has 1 aromatic heterocycles. The van der Waals surface area contributed by atoms with Crippen molar-refractivity contribution in [2.45, 2.75) is 18.5 Å². The number of H-pyrrole nitrogens is 1. The summed E-state index contributed by atoms with van der Waals surface area (Å²) >= 11 is 0. The molecule has 2 aliphatic rings. The van der Waals surface area contributed by atoms with Crippen LogP contribution in [0.3, 0.4) is 0 Å². The van der Waals surface area contributed by atoms with Crippen molar-refractivity contribution in [1.29, 1.82) is 0 Å². The van der Waals surface area contributed by atoms with Crippen LogP contribution in [-0.4, -0.2) is 54.8 Å². The van der Waals surface area contributed by atoms with E-state index in [1.165, 1.54) is 0 Å². The van der Waals surface area contributed by atoms with Gasteiger partial charge >= 0.3 is 6.03 Å². The van der Waals surface area contributed by atoms with Crippen LogP contribution in [0, 0.1) is 0 Å². The Kier molecular flexibility index (Phi) is 3.70. The fourth-order valence-electron chi connectivity index (χ4n) is 2.64. The highest BCUT2D eigenvalue weighted by molar-refractivity contribution is 5.77. The van der Waals surface area contributed by atoms with E-state index >= 15 is 0 Å². The summed E-state index contributed by atoms with van der Waals surface area (Å²) in [4.78, 5) is 16.8. The van der Waals surface area contributed by atoms with Crippen LogP contribution in [0.2, 0.25) is 0 Å². The Labute approximate surface area is 112 Å². The topological polar surface area (TPSA) is 69.4 Å². The van der Waals surface area contributed by atoms with Crippen LogP contribution in [0.25, 0.3) is 0 Å². The Bertz CT molecular complexity index is 414. The summed E-state index contributed by atoms with van der Waals surface area (Å²) in [6.45, 7) is 3.95. The van der Waals surface area contributed by atoms with Crippen molar-refractivity contribution in [3.63, 3.8) is 0 Å². The molecule has 0 saturated carbocycles. The molecule has 2 amide bonds. The van der Waals surface area contributed by atoms with Crippen molar-refractivity contribution in [1.82, 2.24) is 20.5 Å². The predicted octanol–water partition coefficient (Wildman–Crippen LogP) is 0.460. The average molecular weight is 264 g/mol. The molecule has 6 nitrogen and oxygen atoms in total. The molecule has 0 bridgehead atoms. The number of carbonyl (C=O) groups excluding carboxylic acids is 1. The lowest BCUT2D eigenvalue weighted by atomic mass is 10.1. The normalized spacial score (nSPS) is 27.6. The lowest BCUT2D eigenvalue weighted by Gasteiger charge is -2.25. The van der Waals surface area contributed by atoms with Crippen molar-refractivity contribution in [3.8, 4) is 0 Å². The van der Waals surface area contributed by atoms with Gasteiger partial charge < -0.3 is 25.3 Å². The number of rotatable bonds is 4. The first kappa shape index (κ1) is 12.5. The summed E-state index contributed by atoms with van der Waals surface area (Å²) in [5, 5.41) is 6.42. The summed E-state index contributed by atoms with van der Waals surface area (Å²) in [6, 6.07) is 2.51. The Balaban J connectivity index is 1.50. The standard InChI is InChI=1S/C13H20N4O2/c18-13-16-12(10-1-3-14-7-10)8-17(13)5-2-11-9-19-6-4-15-11/h1,3,7,11-12,14-15H,2,4-6,8-9H2,(H,16,18). The maximum absolute atomic E-state index is 11.9. The van der Waals surface area contributed by atoms with E-state index in [9.17, 15) is 4.79 Å². The molecule has 2 unspecified atom stereocenters. The first-order valence-corrected chi connectivity index (χ1v) is 6.82. The molecule has 0 aromatic carbocycles. The van der Waals surface area contributed by atoms with Gasteiger partial charge in [-0.3, -0.25) is 0 Å². The maximum atomic E-state index is 11.9. The number of nitrogens with one attached hydrogen (secondary N) is 3. The molecule has 0 aliphatic carbocycles. The van der Waals surface area contributed by atoms with Crippen LogP contribution < -0.4 is 10.6 Å². The molecule has 104 valence electrons. The fourth-order valence-corrected chi connectivity index (χ4v) is 2.64. The Morgan fingerprint density at radius 2 is 2.42 bits per heavy atom. The molecule has 3 rings (SSSR count). The van der Waals surface area contributed by atoms with Gasteiger partial charge in [0, 0.05) is 38.1 Å². The van der Waals surface area contributed by atoms with E-state index in [1.807, 2.05) is 23.4 Å². The van der Waals surface area contributed by atoms with E-state index in [0.717, 1.165) is 44.8 Å². The highest BCUT2D eigenvalue weighted by atomic mass is 16.5. The minimum Gasteiger partial charge on any atom is -0.379 e. The van der Waals surface area contributed by atoms with Crippen molar-refractivity contribution in [2.24, 2.45) is 0 Å². The van der Waals surface area contributed by atoms with Gasteiger partial charge in [0.15, 0.2) is 0 Å². The zero-order chi connectivity index (χ0) is 13.1. The van der Waals surface area contributed by atoms with E-state index in [2.05, 4.69) is 15.6 Å². The van der Waals surface area contributed by atoms with Crippen LogP contribution in [-0.2, 0) is 4.74 Å². The van der Waals surface area contributed by atoms with Crippen LogP contribution in [0.4, 0.5) is 4.79 Å². The highest BCUT2D eigenvalue weighted by Gasteiger charge is 2.30. The van der Waals surface area contributed by atoms with Crippen molar-refractivity contribution in [3.05, 3.63) is 24.0 Å². The molecular weight excluding hydrogens is 244 g/mol. The van der Waals surface area contributed by atoms with E-state index < -0.39 is 0 Å². The number of hydrogen-bond acceptors (Lipinski definition) is 3. The van der Waals surface area contributed by atoms with Gasteiger partial charge in [-0.1, -0.05) is 0 Å². The minimum atomic E-state index is 0.0305. The number of amides is 2. The smallest absolute Gasteiger partial charge is 0.318 e. The third-order valence-corrected chi connectivity index (χ3v) is 3.76. The number of carbonyl (C=O) groups is 1. The van der Waals surface area contributed by atoms with Gasteiger partial charge in [-0.05, 0) is 18.1 Å². The molecule has 19 heavy (non-hydrogen) atoms. The number of morpholine rings is 1. The minimum absolute atomic E-state index is 0.0305. The number of urea groups is 1. The molecule has 2 fully saturated rings. The molecule has 0 spiro atoms. The monoisotopic (exact) mass is 264 g/mol. The number of nitrogens with zero attached hydrogens (tertiary/aromatic N) is 1. The van der Waals surface area contributed by atoms with E-state index in [0.29, 0.717) is 6.04 Å². The first-order valence-electron chi connectivity index (χ1n) is 6.82. The van der Waals surface area contributed by atoms with Gasteiger partial charge in [-0.25, -0.2) is 4.79 Å². The van der Waals surface area contributed by atoms with Crippen LogP contribution in [0.1, 0.15) is 18.0 Å². The molecular formula is C13H20N4O2. The SMILES string of the molecule is O=C1NC(c2cc[nH]c2)CN1CCC1COCCN1. The molecule has 0 radical (unpaired) electrons. The molecule has 3 N–H and O–H groups in total. The van der Waals surface area contributed by atoms with Crippen LogP contribution in [0.15, 0.2) is 18.5 Å². The van der Waals surface area contributed by atoms with Gasteiger partial charge in [-0.15, -0.1) is 0 Å². The molecule has 1 aromatic rings. The third-order valence-electron chi connectivity index (χ3n) is 3.76. The summed E-state index contributed by atoms with van der Waals surface area (Å²) in [7, 11) is 0. The van der Waals surface area contributed by atoms with Crippen molar-refractivity contribution in [2.75, 3.05) is 32.8 Å². The average Bonchev–Trinajstić information content (AvgIpc) is 3.07. The largest absolute Gasteiger partial charge is 0.379 e. The zero-order valence-corrected chi connectivity index (χ0v) is 10.9. The summed E-state index contributed by atoms with van der Waals surface area (Å²) < 4.78 is 5.42. The predicted molar refractivity (Wildman–Crippen MR) is 70.9 cm³/mol. The van der Waals surface area contributed by atoms with Crippen LogP contribution >= 0.6 is 0 Å². The van der Waals surface area contributed by atoms with Crippen molar-refractivity contribution >= 4 is 6.03 Å². The van der Waals surface area contributed by atoms with Gasteiger partial charge in [0.2, 0.25) is 0 Å². The first-order chi connectivity index (χ1) is 9.33. The van der Waals surface area contributed by atoms with Gasteiger partial charge in [-0.2, -0.15) is 0 Å². The van der Waals surface area contributed by atoms with E-state index in [-0.39, 0.29) is 12.1 Å². The summed E-state index contributed by atoms with van der Waals surface area (Å²) in [5.74, 6) is 0. The lowest BCUT2D eigenvalue weighted by molar-refractivity contribution is 0.0717. The molecule has 2 saturated heterocycles. The second-order valence-corrected chi connectivity index (χ2v) is 5.11. The Morgan fingerprint density at radius 3 is 3.16 bits per heavy atom. The van der Waals surface area contributed by atoms with E-state index in [1.54, 1.807) is 0 Å². The van der Waals surface area contributed by atoms with E-state index in [4.69, 9.17) is 4.74 Å². The third kappa shape index (κ3) is 2.90. The highest BCUT2D eigenvalue weighted by Crippen LogP contribution is 2.20. The maximum Gasteiger partial charge on any atom is 0.318 e. The number of ether oxygens (including phenoxy) is 1. The van der Waals surface area contributed by atoms with Gasteiger partial charge in [0.05, 0.1) is 19.3 Å². The summed E-state index contributed by atoms with van der Waals surface area (Å²) in [5.41, 5.74) is 1.13. The number of aromatic amines is 1.